The van der Waals surface area contributed by atoms with Gasteiger partial charge in [-0.25, -0.2) is 9.59 Å². The summed E-state index contributed by atoms with van der Waals surface area (Å²) < 4.78 is 2.42. The molecule has 108 valence electrons. The fourth-order valence-electron chi connectivity index (χ4n) is 2.11. The van der Waals surface area contributed by atoms with E-state index in [1.165, 1.54) is 23.0 Å². The number of hydrogen-bond donors (Lipinski definition) is 1. The first kappa shape index (κ1) is 15.0. The second kappa shape index (κ2) is 5.17. The number of halogens is 1. The van der Waals surface area contributed by atoms with Gasteiger partial charge in [-0.05, 0) is 13.8 Å². The summed E-state index contributed by atoms with van der Waals surface area (Å²) in [6, 6.07) is -0.166. The molecule has 0 aliphatic heterocycles. The van der Waals surface area contributed by atoms with E-state index in [1.54, 1.807) is 0 Å². The van der Waals surface area contributed by atoms with Crippen molar-refractivity contribution < 1.29 is 9.90 Å². The molecule has 20 heavy (non-hydrogen) atoms. The summed E-state index contributed by atoms with van der Waals surface area (Å²) in [5.41, 5.74) is -1.02. The molecular weight excluding hydrogens is 348 g/mol. The van der Waals surface area contributed by atoms with Crippen LogP contribution < -0.4 is 11.2 Å². The van der Waals surface area contributed by atoms with Gasteiger partial charge in [0.25, 0.3) is 5.56 Å². The number of aromatic nitrogens is 2. The molecule has 0 saturated heterocycles. The van der Waals surface area contributed by atoms with E-state index in [4.69, 9.17) is 0 Å². The summed E-state index contributed by atoms with van der Waals surface area (Å²) in [6.07, 6.45) is 0. The number of aromatic carboxylic acids is 1. The Balaban J connectivity index is 3.16. The number of hydrogen-bond acceptors (Lipinski definition) is 4. The van der Waals surface area contributed by atoms with Gasteiger partial charge in [-0.15, -0.1) is 11.3 Å². The van der Waals surface area contributed by atoms with E-state index in [2.05, 4.69) is 15.9 Å². The third kappa shape index (κ3) is 2.03. The summed E-state index contributed by atoms with van der Waals surface area (Å²) in [5.74, 6) is -1.16. The van der Waals surface area contributed by atoms with Crippen molar-refractivity contribution in [3.05, 3.63) is 31.3 Å². The lowest BCUT2D eigenvalue weighted by molar-refractivity contribution is 0.0698. The van der Waals surface area contributed by atoms with E-state index >= 15 is 0 Å². The maximum Gasteiger partial charge on any atom is 0.337 e. The molecule has 2 aromatic heterocycles. The Bertz CT molecular complexity index is 815. The van der Waals surface area contributed by atoms with Crippen LogP contribution in [0, 0.1) is 0 Å². The number of rotatable bonds is 3. The van der Waals surface area contributed by atoms with Gasteiger partial charge in [-0.1, -0.05) is 15.9 Å². The summed E-state index contributed by atoms with van der Waals surface area (Å²) in [7, 11) is 1.36. The molecule has 6 nitrogen and oxygen atoms in total. The summed E-state index contributed by atoms with van der Waals surface area (Å²) in [6.45, 7) is 3.64. The Morgan fingerprint density at radius 3 is 2.45 bits per heavy atom. The van der Waals surface area contributed by atoms with Crippen LogP contribution in [0.2, 0.25) is 0 Å². The minimum Gasteiger partial charge on any atom is -0.478 e. The van der Waals surface area contributed by atoms with E-state index < -0.39 is 17.2 Å². The molecule has 2 rings (SSSR count). The second-order valence-corrected chi connectivity index (χ2v) is 6.27. The predicted octanol–water partition coefficient (Wildman–Crippen LogP) is 1.94. The van der Waals surface area contributed by atoms with Crippen molar-refractivity contribution in [3.8, 4) is 0 Å². The van der Waals surface area contributed by atoms with Crippen molar-refractivity contribution >= 4 is 43.5 Å². The fraction of sp³-hybridized carbons (Fsp3) is 0.417. The first-order valence-corrected chi connectivity index (χ1v) is 7.81. The van der Waals surface area contributed by atoms with Crippen LogP contribution in [0.5, 0.6) is 0 Å². The molecule has 0 bridgehead atoms. The zero-order valence-electron chi connectivity index (χ0n) is 11.1. The molecule has 2 aromatic rings. The molecule has 0 saturated carbocycles. The van der Waals surface area contributed by atoms with Crippen LogP contribution in [-0.2, 0) is 12.4 Å². The average Bonchev–Trinajstić information content (AvgIpc) is 2.75. The fourth-order valence-corrected chi connectivity index (χ4v) is 3.99. The van der Waals surface area contributed by atoms with E-state index in [0.29, 0.717) is 15.0 Å². The lowest BCUT2D eigenvalue weighted by Gasteiger charge is -2.12. The monoisotopic (exact) mass is 360 g/mol. The van der Waals surface area contributed by atoms with Gasteiger partial charge in [0.15, 0.2) is 0 Å². The van der Waals surface area contributed by atoms with Crippen LogP contribution in [0.4, 0.5) is 0 Å². The molecule has 0 amide bonds. The van der Waals surface area contributed by atoms with Gasteiger partial charge in [0, 0.05) is 23.3 Å². The molecule has 8 heteroatoms. The Hall–Kier alpha value is -1.41. The minimum atomic E-state index is -1.16. The van der Waals surface area contributed by atoms with Gasteiger partial charge in [0.2, 0.25) is 0 Å². The van der Waals surface area contributed by atoms with Crippen molar-refractivity contribution in [1.82, 2.24) is 9.13 Å². The van der Waals surface area contributed by atoms with Gasteiger partial charge in [0.1, 0.15) is 4.83 Å². The molecule has 0 aromatic carbocycles. The van der Waals surface area contributed by atoms with Crippen LogP contribution in [0.1, 0.15) is 35.1 Å². The van der Waals surface area contributed by atoms with Crippen LogP contribution in [0.25, 0.3) is 10.2 Å². The zero-order chi connectivity index (χ0) is 15.2. The molecular formula is C12H13BrN2O4S. The Kier molecular flexibility index (Phi) is 3.88. The van der Waals surface area contributed by atoms with E-state index in [-0.39, 0.29) is 17.0 Å². The van der Waals surface area contributed by atoms with Gasteiger partial charge in [-0.2, -0.15) is 0 Å². The second-order valence-electron chi connectivity index (χ2n) is 4.63. The van der Waals surface area contributed by atoms with Gasteiger partial charge in [-0.3, -0.25) is 13.9 Å². The predicted molar refractivity (Wildman–Crippen MR) is 81.3 cm³/mol. The number of nitrogens with zero attached hydrogens (tertiary/aromatic N) is 2. The quantitative estimate of drug-likeness (QED) is 0.848. The molecule has 0 fully saturated rings. The maximum absolute atomic E-state index is 12.3. The normalized spacial score (nSPS) is 11.4. The number of thiophene rings is 1. The van der Waals surface area contributed by atoms with Gasteiger partial charge in [0.05, 0.1) is 10.9 Å². The number of alkyl halides is 1. The highest BCUT2D eigenvalue weighted by atomic mass is 79.9. The molecule has 0 radical (unpaired) electrons. The minimum absolute atomic E-state index is 0.0168. The van der Waals surface area contributed by atoms with Crippen molar-refractivity contribution in [2.24, 2.45) is 7.05 Å². The summed E-state index contributed by atoms with van der Waals surface area (Å²) in [4.78, 5) is 36.8. The lowest BCUT2D eigenvalue weighted by Crippen LogP contribution is -2.38. The smallest absolute Gasteiger partial charge is 0.337 e. The van der Waals surface area contributed by atoms with Crippen molar-refractivity contribution in [2.45, 2.75) is 25.2 Å². The maximum atomic E-state index is 12.3. The van der Waals surface area contributed by atoms with E-state index in [9.17, 15) is 19.5 Å². The van der Waals surface area contributed by atoms with Crippen LogP contribution >= 0.6 is 27.3 Å². The molecule has 1 N–H and O–H groups in total. The van der Waals surface area contributed by atoms with Crippen molar-refractivity contribution in [1.29, 1.82) is 0 Å². The lowest BCUT2D eigenvalue weighted by atomic mass is 10.2. The number of carboxylic acid groups (broad SMARTS) is 1. The molecule has 0 aliphatic carbocycles. The third-order valence-corrected chi connectivity index (χ3v) is 5.17. The van der Waals surface area contributed by atoms with Crippen LogP contribution in [0.15, 0.2) is 9.59 Å². The topological polar surface area (TPSA) is 81.3 Å². The first-order valence-electron chi connectivity index (χ1n) is 5.87. The summed E-state index contributed by atoms with van der Waals surface area (Å²) >= 11 is 4.39. The molecule has 0 aliphatic rings. The van der Waals surface area contributed by atoms with E-state index in [1.807, 2.05) is 13.8 Å². The van der Waals surface area contributed by atoms with E-state index in [0.717, 1.165) is 4.57 Å². The average molecular weight is 361 g/mol. The highest BCUT2D eigenvalue weighted by molar-refractivity contribution is 9.08. The molecule has 0 atom stereocenters. The molecule has 0 spiro atoms. The highest BCUT2D eigenvalue weighted by Crippen LogP contribution is 2.31. The zero-order valence-corrected chi connectivity index (χ0v) is 13.5. The number of fused-ring (bicyclic) bond motifs is 1. The Morgan fingerprint density at radius 2 is 2.00 bits per heavy atom. The highest BCUT2D eigenvalue weighted by Gasteiger charge is 2.25. The Labute approximate surface area is 126 Å². The van der Waals surface area contributed by atoms with Crippen LogP contribution in [-0.4, -0.2) is 20.2 Å². The first-order chi connectivity index (χ1) is 9.31. The van der Waals surface area contributed by atoms with Gasteiger partial charge >= 0.3 is 11.7 Å². The van der Waals surface area contributed by atoms with Crippen molar-refractivity contribution in [2.75, 3.05) is 0 Å². The SMILES string of the molecule is CC(C)n1c(=O)n(C)c(=O)c2c(C(=O)O)c(CBr)sc21. The van der Waals surface area contributed by atoms with Crippen molar-refractivity contribution in [3.63, 3.8) is 0 Å². The van der Waals surface area contributed by atoms with Gasteiger partial charge < -0.3 is 5.11 Å². The summed E-state index contributed by atoms with van der Waals surface area (Å²) in [5, 5.41) is 9.78. The Morgan fingerprint density at radius 1 is 1.40 bits per heavy atom. The number of carboxylic acids is 1. The van der Waals surface area contributed by atoms with Crippen LogP contribution in [0.3, 0.4) is 0 Å². The molecule has 2 heterocycles. The largest absolute Gasteiger partial charge is 0.478 e. The standard InChI is InChI=1S/C12H13BrN2O4S/c1-5(2)15-10-8(9(16)14(3)12(15)19)7(11(17)18)6(4-13)20-10/h5H,4H2,1-3H3,(H,17,18). The third-order valence-electron chi connectivity index (χ3n) is 3.04. The molecule has 0 unspecified atom stereocenters. The number of carbonyl (C=O) groups is 1.